The number of carbonyl (C=O) groups excluding carboxylic acids is 1. The molecular weight excluding hydrogens is 276 g/mol. The van der Waals surface area contributed by atoms with E-state index in [-0.39, 0.29) is 6.03 Å². The monoisotopic (exact) mass is 304 g/mol. The molecule has 0 saturated heterocycles. The Hall–Kier alpha value is -1.34. The molecule has 2 amide bonds. The molecule has 0 aliphatic heterocycles. The molecule has 0 radical (unpaired) electrons. The summed E-state index contributed by atoms with van der Waals surface area (Å²) in [6.45, 7) is 5.88. The molecule has 7 heteroatoms. The molecule has 0 spiro atoms. The van der Waals surface area contributed by atoms with Gasteiger partial charge in [0.25, 0.3) is 0 Å². The molecule has 0 aromatic heterocycles. The summed E-state index contributed by atoms with van der Waals surface area (Å²) in [5, 5.41) is 11.7. The lowest BCUT2D eigenvalue weighted by atomic mass is 10.1. The molecule has 0 bridgehead atoms. The first-order valence-corrected chi connectivity index (χ1v) is 7.18. The van der Waals surface area contributed by atoms with Crippen LogP contribution in [0.4, 0.5) is 4.79 Å². The Kier molecular flexibility index (Phi) is 10.6. The van der Waals surface area contributed by atoms with Gasteiger partial charge in [-0.05, 0) is 18.8 Å². The van der Waals surface area contributed by atoms with Crippen molar-refractivity contribution < 1.29 is 24.2 Å². The number of ether oxygens (including phenoxy) is 2. The second-order valence-electron chi connectivity index (χ2n) is 5.31. The maximum absolute atomic E-state index is 12.2. The number of nitrogens with one attached hydrogen (secondary N) is 1. The molecule has 0 rings (SSSR count). The minimum atomic E-state index is -1.03. The van der Waals surface area contributed by atoms with Crippen LogP contribution in [0.15, 0.2) is 0 Å². The van der Waals surface area contributed by atoms with Gasteiger partial charge in [0.15, 0.2) is 0 Å². The van der Waals surface area contributed by atoms with Gasteiger partial charge in [-0.25, -0.2) is 9.59 Å². The number of carbonyl (C=O) groups is 2. The molecule has 2 N–H and O–H groups in total. The van der Waals surface area contributed by atoms with E-state index in [9.17, 15) is 9.59 Å². The lowest BCUT2D eigenvalue weighted by molar-refractivity contribution is -0.139. The van der Waals surface area contributed by atoms with Crippen molar-refractivity contribution in [1.82, 2.24) is 10.2 Å². The lowest BCUT2D eigenvalue weighted by Crippen LogP contribution is -2.49. The van der Waals surface area contributed by atoms with Crippen LogP contribution >= 0.6 is 0 Å². The Morgan fingerprint density at radius 3 is 2.29 bits per heavy atom. The summed E-state index contributed by atoms with van der Waals surface area (Å²) < 4.78 is 9.88. The highest BCUT2D eigenvalue weighted by atomic mass is 16.5. The molecule has 1 atom stereocenters. The number of methoxy groups -OCH3 is 2. The molecule has 0 aromatic rings. The van der Waals surface area contributed by atoms with Gasteiger partial charge in [-0.15, -0.1) is 0 Å². The number of amides is 2. The van der Waals surface area contributed by atoms with Crippen LogP contribution in [0, 0.1) is 5.92 Å². The van der Waals surface area contributed by atoms with Crippen LogP contribution in [0.5, 0.6) is 0 Å². The van der Waals surface area contributed by atoms with Crippen LogP contribution in [0.2, 0.25) is 0 Å². The zero-order valence-corrected chi connectivity index (χ0v) is 13.4. The summed E-state index contributed by atoms with van der Waals surface area (Å²) in [5.74, 6) is -0.736. The van der Waals surface area contributed by atoms with Gasteiger partial charge in [0.1, 0.15) is 6.04 Å². The van der Waals surface area contributed by atoms with E-state index in [0.29, 0.717) is 45.1 Å². The number of aliphatic carboxylic acids is 1. The SMILES string of the molecule is COCCCC(NC(=O)N(CCOC)CC(C)C)C(=O)O. The van der Waals surface area contributed by atoms with E-state index < -0.39 is 12.0 Å². The van der Waals surface area contributed by atoms with Crippen LogP contribution in [-0.2, 0) is 14.3 Å². The summed E-state index contributed by atoms with van der Waals surface area (Å²) in [7, 11) is 3.12. The van der Waals surface area contributed by atoms with E-state index in [1.165, 1.54) is 0 Å². The van der Waals surface area contributed by atoms with Crippen LogP contribution in [0.1, 0.15) is 26.7 Å². The van der Waals surface area contributed by atoms with Gasteiger partial charge in [0.05, 0.1) is 6.61 Å². The molecule has 0 aromatic carbocycles. The first-order chi connectivity index (χ1) is 9.92. The fraction of sp³-hybridized carbons (Fsp3) is 0.857. The Morgan fingerprint density at radius 2 is 1.81 bits per heavy atom. The number of carboxylic acids is 1. The van der Waals surface area contributed by atoms with Gasteiger partial charge in [-0.1, -0.05) is 13.8 Å². The van der Waals surface area contributed by atoms with Gasteiger partial charge in [0, 0.05) is 33.9 Å². The second kappa shape index (κ2) is 11.3. The lowest BCUT2D eigenvalue weighted by Gasteiger charge is -2.26. The fourth-order valence-corrected chi connectivity index (χ4v) is 1.85. The molecule has 0 saturated carbocycles. The first kappa shape index (κ1) is 19.7. The molecule has 0 fully saturated rings. The average Bonchev–Trinajstić information content (AvgIpc) is 2.41. The highest BCUT2D eigenvalue weighted by Crippen LogP contribution is 2.03. The highest BCUT2D eigenvalue weighted by molar-refractivity contribution is 5.82. The maximum Gasteiger partial charge on any atom is 0.326 e. The number of nitrogens with zero attached hydrogens (tertiary/aromatic N) is 1. The number of carboxylic acid groups (broad SMARTS) is 1. The quantitative estimate of drug-likeness (QED) is 0.560. The molecule has 0 aliphatic rings. The molecule has 7 nitrogen and oxygen atoms in total. The van der Waals surface area contributed by atoms with Crippen molar-refractivity contribution in [3.63, 3.8) is 0 Å². The fourth-order valence-electron chi connectivity index (χ4n) is 1.85. The largest absolute Gasteiger partial charge is 0.480 e. The number of rotatable bonds is 11. The van der Waals surface area contributed by atoms with Crippen molar-refractivity contribution in [3.8, 4) is 0 Å². The van der Waals surface area contributed by atoms with Gasteiger partial charge >= 0.3 is 12.0 Å². The van der Waals surface area contributed by atoms with E-state index in [4.69, 9.17) is 14.6 Å². The van der Waals surface area contributed by atoms with E-state index in [1.807, 2.05) is 13.8 Å². The Balaban J connectivity index is 4.53. The summed E-state index contributed by atoms with van der Waals surface area (Å²) in [4.78, 5) is 25.0. The molecule has 0 aliphatic carbocycles. The topological polar surface area (TPSA) is 88.1 Å². The first-order valence-electron chi connectivity index (χ1n) is 7.18. The molecule has 1 unspecified atom stereocenters. The third kappa shape index (κ3) is 9.25. The third-order valence-corrected chi connectivity index (χ3v) is 2.88. The molecule has 21 heavy (non-hydrogen) atoms. The van der Waals surface area contributed by atoms with Gasteiger partial charge in [-0.3, -0.25) is 0 Å². The second-order valence-corrected chi connectivity index (χ2v) is 5.31. The zero-order valence-electron chi connectivity index (χ0n) is 13.4. The van der Waals surface area contributed by atoms with E-state index in [1.54, 1.807) is 19.1 Å². The summed E-state index contributed by atoms with van der Waals surface area (Å²) >= 11 is 0. The van der Waals surface area contributed by atoms with Crippen LogP contribution in [0.25, 0.3) is 0 Å². The number of hydrogen-bond donors (Lipinski definition) is 2. The summed E-state index contributed by atoms with van der Waals surface area (Å²) in [6, 6.07) is -1.27. The number of hydrogen-bond acceptors (Lipinski definition) is 4. The predicted octanol–water partition coefficient (Wildman–Crippen LogP) is 1.18. The Morgan fingerprint density at radius 1 is 1.19 bits per heavy atom. The zero-order chi connectivity index (χ0) is 16.3. The average molecular weight is 304 g/mol. The molecular formula is C14H28N2O5. The minimum absolute atomic E-state index is 0.296. The smallest absolute Gasteiger partial charge is 0.326 e. The van der Waals surface area contributed by atoms with Crippen molar-refractivity contribution in [1.29, 1.82) is 0 Å². The molecule has 124 valence electrons. The van der Waals surface area contributed by atoms with Gasteiger partial charge in [0.2, 0.25) is 0 Å². The Bertz CT molecular complexity index is 310. The van der Waals surface area contributed by atoms with Gasteiger partial charge in [-0.2, -0.15) is 0 Å². The van der Waals surface area contributed by atoms with E-state index >= 15 is 0 Å². The summed E-state index contributed by atoms with van der Waals surface area (Å²) in [6.07, 6.45) is 0.921. The van der Waals surface area contributed by atoms with Crippen LogP contribution in [0.3, 0.4) is 0 Å². The van der Waals surface area contributed by atoms with Crippen molar-refractivity contribution in [2.75, 3.05) is 40.5 Å². The van der Waals surface area contributed by atoms with Crippen molar-refractivity contribution in [2.45, 2.75) is 32.7 Å². The van der Waals surface area contributed by atoms with Gasteiger partial charge < -0.3 is 24.8 Å². The van der Waals surface area contributed by atoms with Crippen molar-refractivity contribution in [2.24, 2.45) is 5.92 Å². The number of urea groups is 1. The van der Waals surface area contributed by atoms with Crippen LogP contribution in [-0.4, -0.2) is 68.6 Å². The van der Waals surface area contributed by atoms with Crippen molar-refractivity contribution >= 4 is 12.0 Å². The Labute approximate surface area is 126 Å². The van der Waals surface area contributed by atoms with Crippen molar-refractivity contribution in [3.05, 3.63) is 0 Å². The van der Waals surface area contributed by atoms with E-state index in [2.05, 4.69) is 5.32 Å². The maximum atomic E-state index is 12.2. The predicted molar refractivity (Wildman–Crippen MR) is 79.4 cm³/mol. The highest BCUT2D eigenvalue weighted by Gasteiger charge is 2.23. The third-order valence-electron chi connectivity index (χ3n) is 2.88. The van der Waals surface area contributed by atoms with Crippen LogP contribution < -0.4 is 5.32 Å². The normalized spacial score (nSPS) is 12.2. The summed E-state index contributed by atoms with van der Waals surface area (Å²) in [5.41, 5.74) is 0. The van der Waals surface area contributed by atoms with E-state index in [0.717, 1.165) is 0 Å². The molecule has 0 heterocycles. The standard InChI is InChI=1S/C14H28N2O5/c1-11(2)10-16(7-9-21-4)14(19)15-12(13(17)18)6-5-8-20-3/h11-12H,5-10H2,1-4H3,(H,15,19)(H,17,18). The minimum Gasteiger partial charge on any atom is -0.480 e.